The predicted molar refractivity (Wildman–Crippen MR) is 155 cm³/mol. The number of benzene rings is 1. The molecule has 4 rings (SSSR count). The molecule has 42 heavy (non-hydrogen) atoms. The molecule has 1 saturated heterocycles. The zero-order chi connectivity index (χ0) is 30.7. The number of hydrogen-bond donors (Lipinski definition) is 2. The van der Waals surface area contributed by atoms with Crippen molar-refractivity contribution in [3.05, 3.63) is 36.7 Å². The van der Waals surface area contributed by atoms with Gasteiger partial charge in [-0.05, 0) is 46.8 Å². The molecular weight excluding hydrogens is 568 g/mol. The number of hydrogen-bond acceptors (Lipinski definition) is 11. The Bertz CT molecular complexity index is 1420. The molecule has 0 aliphatic carbocycles. The number of halogens is 1. The van der Waals surface area contributed by atoms with Crippen LogP contribution in [0.25, 0.3) is 11.2 Å². The van der Waals surface area contributed by atoms with Crippen LogP contribution in [0.2, 0.25) is 0 Å². The first kappa shape index (κ1) is 31.6. The fourth-order valence-corrected chi connectivity index (χ4v) is 6.27. The van der Waals surface area contributed by atoms with Crippen molar-refractivity contribution in [2.24, 2.45) is 5.92 Å². The molecule has 0 bridgehead atoms. The van der Waals surface area contributed by atoms with Gasteiger partial charge in [-0.25, -0.2) is 13.9 Å². The monoisotopic (exact) mass is 607 g/mol. The molecule has 0 amide bonds. The molecule has 3 aromatic rings. The number of carbonyl (C=O) groups excluding carboxylic acids is 1. The number of rotatable bonds is 13. The largest absolute Gasteiger partial charge is 0.462 e. The fourth-order valence-electron chi connectivity index (χ4n) is 4.75. The Labute approximate surface area is 244 Å². The molecule has 0 unspecified atom stereocenters. The van der Waals surface area contributed by atoms with Gasteiger partial charge < -0.3 is 24.6 Å². The van der Waals surface area contributed by atoms with Crippen molar-refractivity contribution in [1.29, 1.82) is 0 Å². The van der Waals surface area contributed by atoms with Gasteiger partial charge in [0.05, 0.1) is 12.4 Å². The van der Waals surface area contributed by atoms with Crippen LogP contribution in [0.3, 0.4) is 0 Å². The fraction of sp³-hybridized carbons (Fsp3) is 0.556. The molecule has 0 saturated carbocycles. The van der Waals surface area contributed by atoms with Gasteiger partial charge in [0, 0.05) is 25.4 Å². The molecular formula is C27H39FN7O6P. The molecule has 1 aliphatic heterocycles. The van der Waals surface area contributed by atoms with E-state index in [1.807, 2.05) is 25.7 Å². The summed E-state index contributed by atoms with van der Waals surface area (Å²) < 4.78 is 53.9. The number of aromatic nitrogens is 4. The van der Waals surface area contributed by atoms with Crippen LogP contribution in [0.1, 0.15) is 54.2 Å². The Kier molecular flexibility index (Phi) is 9.71. The van der Waals surface area contributed by atoms with Gasteiger partial charge >= 0.3 is 13.7 Å². The molecule has 1 fully saturated rings. The van der Waals surface area contributed by atoms with Gasteiger partial charge in [-0.15, -0.1) is 0 Å². The summed E-state index contributed by atoms with van der Waals surface area (Å²) in [6.45, 7) is 11.3. The van der Waals surface area contributed by atoms with E-state index in [0.29, 0.717) is 30.1 Å². The van der Waals surface area contributed by atoms with Crippen LogP contribution in [0.5, 0.6) is 5.75 Å². The first-order valence-corrected chi connectivity index (χ1v) is 15.5. The van der Waals surface area contributed by atoms with E-state index in [-0.39, 0.29) is 30.1 Å². The van der Waals surface area contributed by atoms with Crippen LogP contribution >= 0.6 is 7.75 Å². The van der Waals surface area contributed by atoms with Gasteiger partial charge in [-0.1, -0.05) is 25.1 Å². The zero-order valence-electron chi connectivity index (χ0n) is 24.7. The molecule has 0 radical (unpaired) electrons. The topological polar surface area (TPSA) is 156 Å². The molecule has 1 aliphatic rings. The average Bonchev–Trinajstić information content (AvgIpc) is 3.48. The molecule has 15 heteroatoms. The minimum atomic E-state index is -4.29. The van der Waals surface area contributed by atoms with E-state index in [2.05, 4.69) is 20.0 Å². The number of ether oxygens (including phenoxy) is 2. The minimum absolute atomic E-state index is 0.0573. The summed E-state index contributed by atoms with van der Waals surface area (Å²) in [5.74, 6) is -2.52. The Morgan fingerprint density at radius 2 is 1.95 bits per heavy atom. The Balaban J connectivity index is 1.55. The Morgan fingerprint density at radius 1 is 1.26 bits per heavy atom. The van der Waals surface area contributed by atoms with Crippen LogP contribution in [0.15, 0.2) is 36.7 Å². The van der Waals surface area contributed by atoms with Crippen molar-refractivity contribution in [2.75, 3.05) is 30.3 Å². The molecule has 5 atom stereocenters. The summed E-state index contributed by atoms with van der Waals surface area (Å²) in [5, 5.41) is 2.56. The maximum absolute atomic E-state index is 16.2. The average molecular weight is 608 g/mol. The summed E-state index contributed by atoms with van der Waals surface area (Å²) in [4.78, 5) is 27.6. The second-order valence-electron chi connectivity index (χ2n) is 10.5. The van der Waals surface area contributed by atoms with E-state index in [4.69, 9.17) is 24.3 Å². The summed E-state index contributed by atoms with van der Waals surface area (Å²) >= 11 is 0. The van der Waals surface area contributed by atoms with E-state index < -0.39 is 38.4 Å². The third kappa shape index (κ3) is 7.17. The standard InChI is InChI=1S/C27H39FN7O6P/c1-7-34(8-2)22-21-23(32-26(29)31-22)35(16-30-21)24-18(5)14-27(28,40-24)15-38-42(37,41-20-12-10-9-11-13-20)33-19(6)25(36)39-17(3)4/h9-13,16-19,24H,7-8,14-15H2,1-6H3,(H,33,37)(H2,29,31,32)/t18-,19-,24+,27-,42-/m0/s1. The second kappa shape index (κ2) is 12.9. The second-order valence-corrected chi connectivity index (χ2v) is 12.2. The number of fused-ring (bicyclic) bond motifs is 1. The highest BCUT2D eigenvalue weighted by Crippen LogP contribution is 2.49. The highest BCUT2D eigenvalue weighted by Gasteiger charge is 2.49. The normalized spacial score (nSPS) is 22.7. The summed E-state index contributed by atoms with van der Waals surface area (Å²) in [6.07, 6.45) is 0.230. The third-order valence-electron chi connectivity index (χ3n) is 6.68. The smallest absolute Gasteiger partial charge is 0.459 e. The lowest BCUT2D eigenvalue weighted by Crippen LogP contribution is -2.37. The molecule has 230 valence electrons. The first-order chi connectivity index (χ1) is 19.9. The molecule has 3 heterocycles. The highest BCUT2D eigenvalue weighted by atomic mass is 31.2. The lowest BCUT2D eigenvalue weighted by molar-refractivity contribution is -0.173. The minimum Gasteiger partial charge on any atom is -0.462 e. The van der Waals surface area contributed by atoms with Crippen molar-refractivity contribution >= 4 is 36.6 Å². The number of carbonyl (C=O) groups is 1. The predicted octanol–water partition coefficient (Wildman–Crippen LogP) is 4.61. The van der Waals surface area contributed by atoms with E-state index in [0.717, 1.165) is 0 Å². The Morgan fingerprint density at radius 3 is 2.60 bits per heavy atom. The summed E-state index contributed by atoms with van der Waals surface area (Å²) in [5.41, 5.74) is 6.95. The van der Waals surface area contributed by atoms with Crippen molar-refractivity contribution in [3.8, 4) is 5.75 Å². The molecule has 2 aromatic heterocycles. The van der Waals surface area contributed by atoms with Crippen LogP contribution < -0.4 is 20.2 Å². The van der Waals surface area contributed by atoms with Gasteiger partial charge in [0.15, 0.2) is 17.0 Å². The lowest BCUT2D eigenvalue weighted by atomic mass is 10.1. The van der Waals surface area contributed by atoms with E-state index >= 15 is 4.39 Å². The number of esters is 1. The molecule has 3 N–H and O–H groups in total. The number of para-hydroxylation sites is 1. The summed E-state index contributed by atoms with van der Waals surface area (Å²) in [6, 6.07) is 7.16. The van der Waals surface area contributed by atoms with E-state index in [1.54, 1.807) is 48.7 Å². The van der Waals surface area contributed by atoms with Gasteiger partial charge in [-0.3, -0.25) is 13.9 Å². The van der Waals surface area contributed by atoms with Crippen LogP contribution in [0.4, 0.5) is 16.2 Å². The number of nitrogens with one attached hydrogen (secondary N) is 1. The third-order valence-corrected chi connectivity index (χ3v) is 8.30. The molecule has 13 nitrogen and oxygen atoms in total. The molecule has 0 spiro atoms. The number of alkyl halides is 1. The van der Waals surface area contributed by atoms with Crippen LogP contribution in [-0.2, 0) is 23.4 Å². The molecule has 1 aromatic carbocycles. The number of imidazole rings is 1. The lowest BCUT2D eigenvalue weighted by Gasteiger charge is -2.26. The number of anilines is 2. The maximum atomic E-state index is 16.2. The van der Waals surface area contributed by atoms with E-state index in [1.165, 1.54) is 13.3 Å². The van der Waals surface area contributed by atoms with Crippen molar-refractivity contribution in [1.82, 2.24) is 24.6 Å². The number of nitrogens with two attached hydrogens (primary N) is 1. The zero-order valence-corrected chi connectivity index (χ0v) is 25.6. The van der Waals surface area contributed by atoms with Gasteiger partial charge in [0.1, 0.15) is 24.6 Å². The van der Waals surface area contributed by atoms with Gasteiger partial charge in [0.25, 0.3) is 0 Å². The maximum Gasteiger partial charge on any atom is 0.459 e. The van der Waals surface area contributed by atoms with Crippen molar-refractivity contribution in [3.63, 3.8) is 0 Å². The highest BCUT2D eigenvalue weighted by molar-refractivity contribution is 7.52. The van der Waals surface area contributed by atoms with E-state index in [9.17, 15) is 9.36 Å². The van der Waals surface area contributed by atoms with Crippen LogP contribution in [0, 0.1) is 5.92 Å². The number of nitrogen functional groups attached to an aromatic ring is 1. The quantitative estimate of drug-likeness (QED) is 0.206. The van der Waals surface area contributed by atoms with Gasteiger partial charge in [0.2, 0.25) is 11.8 Å². The van der Waals surface area contributed by atoms with Gasteiger partial charge in [-0.2, -0.15) is 15.1 Å². The Hall–Kier alpha value is -3.32. The number of nitrogens with zero attached hydrogens (tertiary/aromatic N) is 5. The SMILES string of the molecule is CCN(CC)c1nc(N)nc2c1ncn2[C@@H]1O[C@](F)(CO[P@@](=O)(N[C@@H](C)C(=O)OC(C)C)Oc2ccccc2)C[C@@H]1C. The summed E-state index contributed by atoms with van der Waals surface area (Å²) in [7, 11) is -4.29. The van der Waals surface area contributed by atoms with Crippen LogP contribution in [-0.4, -0.2) is 63.2 Å². The first-order valence-electron chi connectivity index (χ1n) is 14.0. The van der Waals surface area contributed by atoms with Crippen molar-refractivity contribution < 1.29 is 32.3 Å². The van der Waals surface area contributed by atoms with Crippen molar-refractivity contribution in [2.45, 2.75) is 72.2 Å².